The molecule has 0 aliphatic heterocycles. The molecule has 0 aliphatic carbocycles. The van der Waals surface area contributed by atoms with Crippen molar-refractivity contribution in [2.75, 3.05) is 26.4 Å². The lowest BCUT2D eigenvalue weighted by molar-refractivity contribution is -0.138. The first-order chi connectivity index (χ1) is 29.0. The number of carbonyl (C=O) groups is 4. The number of carboxylic acids is 4. The average molecular weight is 921 g/mol. The molecule has 0 spiro atoms. The molecule has 0 radical (unpaired) electrons. The van der Waals surface area contributed by atoms with E-state index in [2.05, 4.69) is 50.5 Å². The summed E-state index contributed by atoms with van der Waals surface area (Å²) in [5.41, 5.74) is 3.19. The third-order valence-corrected chi connectivity index (χ3v) is 10.8. The van der Waals surface area contributed by atoms with Crippen LogP contribution in [0.25, 0.3) is 0 Å². The Morgan fingerprint density at radius 2 is 0.525 bits per heavy atom. The number of aliphatic carboxylic acids is 4. The minimum absolute atomic E-state index is 0.0253. The molecule has 0 aromatic heterocycles. The topological polar surface area (TPSA) is 230 Å². The summed E-state index contributed by atoms with van der Waals surface area (Å²) in [4.78, 5) is 41.2. The Hall–Kier alpha value is -4.00. The third-order valence-electron chi connectivity index (χ3n) is 8.61. The van der Waals surface area contributed by atoms with E-state index in [1.165, 1.54) is 0 Å². The summed E-state index contributed by atoms with van der Waals surface area (Å²) in [6.07, 6.45) is 2.97. The molecule has 8 N–H and O–H groups in total. The van der Waals surface area contributed by atoms with Crippen molar-refractivity contribution in [2.45, 2.75) is 72.4 Å². The normalized spacial score (nSPS) is 12.3. The molecular weight excluding hydrogens is 861 g/mol. The number of rotatable bonds is 20. The van der Waals surface area contributed by atoms with Crippen LogP contribution < -0.4 is 0 Å². The third kappa shape index (κ3) is 28.3. The molecule has 4 aromatic rings. The van der Waals surface area contributed by atoms with Gasteiger partial charge in [0.2, 0.25) is 0 Å². The maximum absolute atomic E-state index is 10.3. The largest absolute Gasteiger partial charge is 0.481 e. The molecule has 4 atom stereocenters. The molecule has 61 heavy (non-hydrogen) atoms. The van der Waals surface area contributed by atoms with Crippen LogP contribution in [-0.4, -0.2) is 91.2 Å². The second-order valence-corrected chi connectivity index (χ2v) is 16.1. The zero-order chi connectivity index (χ0) is 46.1. The predicted molar refractivity (Wildman–Crippen MR) is 251 cm³/mol. The fourth-order valence-corrected chi connectivity index (χ4v) is 5.91. The van der Waals surface area contributed by atoms with Gasteiger partial charge in [0, 0.05) is 46.7 Å². The summed E-state index contributed by atoms with van der Waals surface area (Å²) in [5, 5.41) is 68.0. The number of hydrogen-bond acceptors (Lipinski definition) is 12. The zero-order valence-corrected chi connectivity index (χ0v) is 37.4. The van der Waals surface area contributed by atoms with Crippen molar-refractivity contribution in [1.82, 2.24) is 0 Å². The van der Waals surface area contributed by atoms with E-state index in [0.29, 0.717) is 25.7 Å². The first kappa shape index (κ1) is 57.0. The summed E-state index contributed by atoms with van der Waals surface area (Å²) in [6.45, 7) is -1.62. The molecule has 336 valence electrons. The molecule has 0 amide bonds. The number of aliphatic hydroxyl groups is 4. The van der Waals surface area contributed by atoms with E-state index >= 15 is 0 Å². The summed E-state index contributed by atoms with van der Waals surface area (Å²) < 4.78 is 0. The molecule has 0 heterocycles. The lowest BCUT2D eigenvalue weighted by Crippen LogP contribution is -2.37. The Kier molecular flexibility index (Phi) is 32.3. The fourth-order valence-electron chi connectivity index (χ4n) is 4.71. The molecule has 0 saturated heterocycles. The minimum atomic E-state index is -1.11. The highest BCUT2D eigenvalue weighted by Crippen LogP contribution is 2.27. The van der Waals surface area contributed by atoms with Gasteiger partial charge in [-0.25, -0.2) is 0 Å². The monoisotopic (exact) mass is 920 g/mol. The first-order valence-electron chi connectivity index (χ1n) is 19.3. The Morgan fingerprint density at radius 3 is 0.639 bits per heavy atom. The van der Waals surface area contributed by atoms with Crippen molar-refractivity contribution in [2.24, 2.45) is 5.41 Å². The van der Waals surface area contributed by atoms with Crippen molar-refractivity contribution in [3.05, 3.63) is 144 Å². The zero-order valence-electron chi connectivity index (χ0n) is 33.8. The van der Waals surface area contributed by atoms with E-state index in [-0.39, 0.29) is 46.7 Å². The van der Waals surface area contributed by atoms with E-state index < -0.39 is 55.7 Å². The molecule has 0 bridgehead atoms. The number of thiol groups is 4. The van der Waals surface area contributed by atoms with Crippen molar-refractivity contribution in [1.29, 1.82) is 0 Å². The van der Waals surface area contributed by atoms with Gasteiger partial charge >= 0.3 is 23.9 Å². The van der Waals surface area contributed by atoms with E-state index in [1.54, 1.807) is 0 Å². The predicted octanol–water partition coefficient (Wildman–Crippen LogP) is 8.03. The number of benzene rings is 4. The molecule has 0 aliphatic rings. The minimum Gasteiger partial charge on any atom is -0.481 e. The van der Waals surface area contributed by atoms with Crippen LogP contribution in [0.3, 0.4) is 0 Å². The number of aliphatic hydroxyl groups excluding tert-OH is 4. The second kappa shape index (κ2) is 34.6. The van der Waals surface area contributed by atoms with Crippen LogP contribution >= 0.6 is 50.5 Å². The average Bonchev–Trinajstić information content (AvgIpc) is 3.28. The molecule has 0 saturated carbocycles. The van der Waals surface area contributed by atoms with Gasteiger partial charge in [-0.05, 0) is 47.9 Å². The molecule has 4 rings (SSSR count). The van der Waals surface area contributed by atoms with Gasteiger partial charge in [0.25, 0.3) is 0 Å². The van der Waals surface area contributed by atoms with Gasteiger partial charge in [-0.3, -0.25) is 19.2 Å². The second-order valence-electron chi connectivity index (χ2n) is 13.6. The van der Waals surface area contributed by atoms with Crippen molar-refractivity contribution < 1.29 is 60.0 Å². The SMILES string of the molecule is O=C(O)CCC(S)c1ccccc1.O=C(O)CCC(S)c1ccccc1.O=C(O)CCC(S)c1ccccc1.O=C(O)CCC(S)c1ccccc1.OCC(CO)(CO)CO. The number of hydrogen-bond donors (Lipinski definition) is 12. The smallest absolute Gasteiger partial charge is 0.303 e. The van der Waals surface area contributed by atoms with Crippen LogP contribution in [0, 0.1) is 5.41 Å². The Morgan fingerprint density at radius 1 is 0.361 bits per heavy atom. The quantitative estimate of drug-likeness (QED) is 0.0378. The highest BCUT2D eigenvalue weighted by atomic mass is 32.1. The summed E-state index contributed by atoms with van der Waals surface area (Å²) >= 11 is 17.3. The summed E-state index contributed by atoms with van der Waals surface area (Å²) in [7, 11) is 0. The van der Waals surface area contributed by atoms with E-state index in [1.807, 2.05) is 121 Å². The van der Waals surface area contributed by atoms with Gasteiger partial charge in [0.05, 0.1) is 31.8 Å². The lowest BCUT2D eigenvalue weighted by Gasteiger charge is -2.23. The molecule has 16 heteroatoms. The van der Waals surface area contributed by atoms with Crippen LogP contribution in [0.2, 0.25) is 0 Å². The van der Waals surface area contributed by atoms with Crippen LogP contribution in [-0.2, 0) is 19.2 Å². The first-order valence-corrected chi connectivity index (χ1v) is 21.3. The van der Waals surface area contributed by atoms with Gasteiger partial charge in [0.15, 0.2) is 0 Å². The van der Waals surface area contributed by atoms with Gasteiger partial charge in [-0.2, -0.15) is 50.5 Å². The summed E-state index contributed by atoms with van der Waals surface area (Å²) in [5.74, 6) is -3.07. The Bertz CT molecular complexity index is 1480. The highest BCUT2D eigenvalue weighted by Gasteiger charge is 2.26. The molecule has 4 aromatic carbocycles. The molecule has 12 nitrogen and oxygen atoms in total. The highest BCUT2D eigenvalue weighted by molar-refractivity contribution is 7.81. The Balaban J connectivity index is 0.000000742. The van der Waals surface area contributed by atoms with Gasteiger partial charge in [-0.1, -0.05) is 121 Å². The van der Waals surface area contributed by atoms with Crippen LogP contribution in [0.4, 0.5) is 0 Å². The maximum atomic E-state index is 10.3. The van der Waals surface area contributed by atoms with Gasteiger partial charge < -0.3 is 40.9 Å². The van der Waals surface area contributed by atoms with Gasteiger partial charge in [0.1, 0.15) is 0 Å². The number of carboxylic acid groups (broad SMARTS) is 4. The van der Waals surface area contributed by atoms with Crippen LogP contribution in [0.5, 0.6) is 0 Å². The molecule has 0 fully saturated rings. The lowest BCUT2D eigenvalue weighted by atomic mass is 9.93. The fraction of sp³-hybridized carbons (Fsp3) is 0.378. The van der Waals surface area contributed by atoms with Crippen molar-refractivity contribution in [3.8, 4) is 0 Å². The Labute approximate surface area is 380 Å². The maximum Gasteiger partial charge on any atom is 0.303 e. The van der Waals surface area contributed by atoms with E-state index in [0.717, 1.165) is 22.3 Å². The van der Waals surface area contributed by atoms with E-state index in [9.17, 15) is 19.2 Å². The molecule has 4 unspecified atom stereocenters. The van der Waals surface area contributed by atoms with E-state index in [4.69, 9.17) is 40.9 Å². The summed E-state index contributed by atoms with van der Waals surface area (Å²) in [6, 6.07) is 38.8. The molecular formula is C45H60O12S4. The van der Waals surface area contributed by atoms with Crippen LogP contribution in [0.15, 0.2) is 121 Å². The van der Waals surface area contributed by atoms with Crippen LogP contribution in [0.1, 0.15) is 94.6 Å². The van der Waals surface area contributed by atoms with Crippen molar-refractivity contribution >= 4 is 74.4 Å². The van der Waals surface area contributed by atoms with Crippen molar-refractivity contribution in [3.63, 3.8) is 0 Å². The van der Waals surface area contributed by atoms with Gasteiger partial charge in [-0.15, -0.1) is 0 Å². The standard InChI is InChI=1S/4C10H12O2S.C5H12O4/c4*11-10(12)7-6-9(13)8-4-2-1-3-5-8;6-1-5(2-7,3-8)4-9/h4*1-5,9,13H,6-7H2,(H,11,12);6-9H,1-4H2.